The molecule has 0 saturated heterocycles. The van der Waals surface area contributed by atoms with Gasteiger partial charge < -0.3 is 15.7 Å². The molecule has 4 heteroatoms. The summed E-state index contributed by atoms with van der Waals surface area (Å²) in [4.78, 5) is 0. The monoisotopic (exact) mass is 258 g/mol. The Kier molecular flexibility index (Phi) is 8.81. The van der Waals surface area contributed by atoms with Crippen LogP contribution >= 0.6 is 0 Å². The van der Waals surface area contributed by atoms with E-state index >= 15 is 0 Å². The van der Waals surface area contributed by atoms with Gasteiger partial charge in [-0.05, 0) is 18.8 Å². The van der Waals surface area contributed by atoms with Crippen LogP contribution < -0.4 is 5.73 Å². The molecule has 0 aromatic rings. The Labute approximate surface area is 112 Å². The van der Waals surface area contributed by atoms with Gasteiger partial charge in [0.25, 0.3) is 0 Å². The minimum Gasteiger partial charge on any atom is -0.409 e. The van der Waals surface area contributed by atoms with E-state index in [2.05, 4.69) is 19.0 Å². The van der Waals surface area contributed by atoms with E-state index in [4.69, 9.17) is 15.7 Å². The van der Waals surface area contributed by atoms with Crippen LogP contribution in [0.15, 0.2) is 5.16 Å². The van der Waals surface area contributed by atoms with Crippen LogP contribution in [0.3, 0.4) is 0 Å². The van der Waals surface area contributed by atoms with Gasteiger partial charge in [0.2, 0.25) is 0 Å². The van der Waals surface area contributed by atoms with Crippen LogP contribution in [0.25, 0.3) is 0 Å². The summed E-state index contributed by atoms with van der Waals surface area (Å²) in [6.45, 7) is 9.82. The Bertz CT molecular complexity index is 240. The molecule has 18 heavy (non-hydrogen) atoms. The van der Waals surface area contributed by atoms with Crippen molar-refractivity contribution in [2.24, 2.45) is 22.2 Å². The Morgan fingerprint density at radius 3 is 2.56 bits per heavy atom. The summed E-state index contributed by atoms with van der Waals surface area (Å²) in [6.07, 6.45) is 5.71. The molecule has 0 bridgehead atoms. The number of unbranched alkanes of at least 4 members (excludes halogenated alkanes) is 1. The molecule has 0 radical (unpaired) electrons. The van der Waals surface area contributed by atoms with Crippen LogP contribution in [0.4, 0.5) is 0 Å². The third kappa shape index (κ3) is 6.84. The summed E-state index contributed by atoms with van der Waals surface area (Å²) in [5.41, 5.74) is 5.32. The molecule has 0 aliphatic heterocycles. The molecule has 0 rings (SSSR count). The highest BCUT2D eigenvalue weighted by atomic mass is 16.5. The Hall–Kier alpha value is -0.770. The first-order chi connectivity index (χ1) is 8.47. The summed E-state index contributed by atoms with van der Waals surface area (Å²) >= 11 is 0. The number of oxime groups is 1. The van der Waals surface area contributed by atoms with Gasteiger partial charge in [-0.15, -0.1) is 0 Å². The van der Waals surface area contributed by atoms with Crippen molar-refractivity contribution in [1.29, 1.82) is 0 Å². The lowest BCUT2D eigenvalue weighted by atomic mass is 9.88. The molecule has 108 valence electrons. The number of hydrogen-bond donors (Lipinski definition) is 2. The van der Waals surface area contributed by atoms with Crippen LogP contribution in [-0.2, 0) is 4.74 Å². The lowest BCUT2D eigenvalue weighted by molar-refractivity contribution is 0.0807. The molecule has 4 nitrogen and oxygen atoms in total. The van der Waals surface area contributed by atoms with Gasteiger partial charge >= 0.3 is 0 Å². The normalized spacial score (nSPS) is 14.8. The zero-order chi connectivity index (χ0) is 14.0. The fourth-order valence-electron chi connectivity index (χ4n) is 1.74. The molecular formula is C14H30N2O2. The standard InChI is InChI=1S/C14H30N2O2/c1-5-7-8-12(6-2)11-18-10-9-14(3,4)13(15)16-17/h12,17H,5-11H2,1-4H3,(H2,15,16). The number of hydrogen-bond acceptors (Lipinski definition) is 3. The average Bonchev–Trinajstić information content (AvgIpc) is 2.36. The van der Waals surface area contributed by atoms with Gasteiger partial charge in [-0.25, -0.2) is 0 Å². The smallest absolute Gasteiger partial charge is 0.144 e. The van der Waals surface area contributed by atoms with Gasteiger partial charge in [-0.1, -0.05) is 52.1 Å². The summed E-state index contributed by atoms with van der Waals surface area (Å²) in [7, 11) is 0. The molecule has 0 amide bonds. The molecule has 0 spiro atoms. The van der Waals surface area contributed by atoms with Gasteiger partial charge in [0.1, 0.15) is 5.84 Å². The van der Waals surface area contributed by atoms with Crippen LogP contribution in [0.2, 0.25) is 0 Å². The lowest BCUT2D eigenvalue weighted by Crippen LogP contribution is -2.33. The summed E-state index contributed by atoms with van der Waals surface area (Å²) in [6, 6.07) is 0. The minimum atomic E-state index is -0.306. The zero-order valence-electron chi connectivity index (χ0n) is 12.4. The van der Waals surface area contributed by atoms with E-state index in [-0.39, 0.29) is 11.3 Å². The Morgan fingerprint density at radius 1 is 1.39 bits per heavy atom. The molecule has 0 fully saturated rings. The van der Waals surface area contributed by atoms with Crippen LogP contribution in [0.1, 0.15) is 59.8 Å². The van der Waals surface area contributed by atoms with Crippen molar-refractivity contribution in [2.75, 3.05) is 13.2 Å². The maximum atomic E-state index is 8.67. The molecule has 0 aromatic heterocycles. The lowest BCUT2D eigenvalue weighted by Gasteiger charge is -2.23. The van der Waals surface area contributed by atoms with Gasteiger partial charge in [-0.3, -0.25) is 0 Å². The molecule has 3 N–H and O–H groups in total. The first-order valence-electron chi connectivity index (χ1n) is 7.03. The number of ether oxygens (including phenoxy) is 1. The van der Waals surface area contributed by atoms with Crippen molar-refractivity contribution in [1.82, 2.24) is 0 Å². The van der Waals surface area contributed by atoms with E-state index in [0.29, 0.717) is 12.5 Å². The van der Waals surface area contributed by atoms with Crippen molar-refractivity contribution in [3.63, 3.8) is 0 Å². The number of nitrogens with zero attached hydrogens (tertiary/aromatic N) is 1. The van der Waals surface area contributed by atoms with Crippen LogP contribution in [-0.4, -0.2) is 24.3 Å². The van der Waals surface area contributed by atoms with Crippen LogP contribution in [0.5, 0.6) is 0 Å². The topological polar surface area (TPSA) is 67.8 Å². The largest absolute Gasteiger partial charge is 0.409 e. The van der Waals surface area contributed by atoms with Gasteiger partial charge in [0.15, 0.2) is 0 Å². The predicted octanol–water partition coefficient (Wildman–Crippen LogP) is 3.38. The van der Waals surface area contributed by atoms with E-state index in [1.54, 1.807) is 0 Å². The molecule has 0 saturated carbocycles. The van der Waals surface area contributed by atoms with Gasteiger partial charge in [0.05, 0.1) is 0 Å². The van der Waals surface area contributed by atoms with Gasteiger partial charge in [0, 0.05) is 18.6 Å². The highest BCUT2D eigenvalue weighted by molar-refractivity contribution is 5.85. The fourth-order valence-corrected chi connectivity index (χ4v) is 1.74. The molecule has 0 aliphatic carbocycles. The summed E-state index contributed by atoms with van der Waals surface area (Å²) < 4.78 is 5.72. The number of rotatable bonds is 10. The van der Waals surface area contributed by atoms with Crippen molar-refractivity contribution in [3.8, 4) is 0 Å². The number of amidine groups is 1. The van der Waals surface area contributed by atoms with E-state index in [0.717, 1.165) is 13.0 Å². The molecule has 0 aliphatic rings. The van der Waals surface area contributed by atoms with Crippen molar-refractivity contribution >= 4 is 5.84 Å². The van der Waals surface area contributed by atoms with E-state index in [9.17, 15) is 0 Å². The highest BCUT2D eigenvalue weighted by Crippen LogP contribution is 2.21. The summed E-state index contributed by atoms with van der Waals surface area (Å²) in [5.74, 6) is 0.932. The SMILES string of the molecule is CCCCC(CC)COCCC(C)(C)C(N)=NO. The number of nitrogens with two attached hydrogens (primary N) is 1. The van der Waals surface area contributed by atoms with Crippen molar-refractivity contribution in [2.45, 2.75) is 59.8 Å². The molecule has 0 heterocycles. The highest BCUT2D eigenvalue weighted by Gasteiger charge is 2.23. The fraction of sp³-hybridized carbons (Fsp3) is 0.929. The Morgan fingerprint density at radius 2 is 2.06 bits per heavy atom. The third-order valence-electron chi connectivity index (χ3n) is 3.57. The second kappa shape index (κ2) is 9.20. The first kappa shape index (κ1) is 17.2. The maximum Gasteiger partial charge on any atom is 0.144 e. The summed E-state index contributed by atoms with van der Waals surface area (Å²) in [5, 5.41) is 11.7. The van der Waals surface area contributed by atoms with E-state index < -0.39 is 0 Å². The molecular weight excluding hydrogens is 228 g/mol. The van der Waals surface area contributed by atoms with Crippen molar-refractivity contribution in [3.05, 3.63) is 0 Å². The predicted molar refractivity (Wildman–Crippen MR) is 75.9 cm³/mol. The maximum absolute atomic E-state index is 8.67. The quantitative estimate of drug-likeness (QED) is 0.207. The van der Waals surface area contributed by atoms with E-state index in [1.807, 2.05) is 13.8 Å². The molecule has 1 unspecified atom stereocenters. The third-order valence-corrected chi connectivity index (χ3v) is 3.57. The van der Waals surface area contributed by atoms with Crippen LogP contribution in [0, 0.1) is 11.3 Å². The molecule has 0 aromatic carbocycles. The second-order valence-electron chi connectivity index (χ2n) is 5.61. The van der Waals surface area contributed by atoms with Crippen molar-refractivity contribution < 1.29 is 9.94 Å². The zero-order valence-corrected chi connectivity index (χ0v) is 12.4. The molecule has 1 atom stereocenters. The second-order valence-corrected chi connectivity index (χ2v) is 5.61. The first-order valence-corrected chi connectivity index (χ1v) is 7.03. The van der Waals surface area contributed by atoms with Gasteiger partial charge in [-0.2, -0.15) is 0 Å². The minimum absolute atomic E-state index is 0.268. The van der Waals surface area contributed by atoms with E-state index in [1.165, 1.54) is 25.7 Å². The Balaban J connectivity index is 3.84. The average molecular weight is 258 g/mol.